The first-order chi connectivity index (χ1) is 7.43. The molecule has 1 amide bonds. The third-order valence-electron chi connectivity index (χ3n) is 3.09. The zero-order valence-corrected chi connectivity index (χ0v) is 11.3. The lowest BCUT2D eigenvalue weighted by Crippen LogP contribution is -2.42. The number of nitrogens with one attached hydrogen (secondary N) is 1. The molecule has 3 unspecified atom stereocenters. The van der Waals surface area contributed by atoms with Crippen molar-refractivity contribution in [3.63, 3.8) is 0 Å². The summed E-state index contributed by atoms with van der Waals surface area (Å²) in [6.07, 6.45) is 2.67. The largest absolute Gasteiger partial charge is 0.326 e. The number of nitrogens with zero attached hydrogens (tertiary/aromatic N) is 1. The van der Waals surface area contributed by atoms with Crippen LogP contribution >= 0.6 is 0 Å². The van der Waals surface area contributed by atoms with Gasteiger partial charge >= 0.3 is 0 Å². The monoisotopic (exact) mass is 246 g/mol. The van der Waals surface area contributed by atoms with Crippen molar-refractivity contribution in [2.24, 2.45) is 5.92 Å². The van der Waals surface area contributed by atoms with Gasteiger partial charge in [0.15, 0.2) is 0 Å². The maximum Gasteiger partial charge on any atom is 0.237 e. The van der Waals surface area contributed by atoms with Crippen LogP contribution in [0.25, 0.3) is 0 Å². The van der Waals surface area contributed by atoms with E-state index >= 15 is 0 Å². The molecule has 1 heterocycles. The number of carbonyl (C=O) groups is 1. The molecule has 0 radical (unpaired) electrons. The van der Waals surface area contributed by atoms with E-state index < -0.39 is 10.8 Å². The van der Waals surface area contributed by atoms with E-state index in [1.165, 1.54) is 0 Å². The Labute approximate surface area is 100 Å². The number of hydrogen-bond acceptors (Lipinski definition) is 3. The van der Waals surface area contributed by atoms with E-state index in [1.54, 1.807) is 6.26 Å². The van der Waals surface area contributed by atoms with Crippen LogP contribution < -0.4 is 5.32 Å². The molecule has 0 aromatic heterocycles. The molecule has 0 aliphatic carbocycles. The second-order valence-electron chi connectivity index (χ2n) is 4.75. The SMILES string of the molecule is CC(C)C1NCC(=O)N1CCC(C)S(C)=O. The minimum atomic E-state index is -0.802. The first-order valence-corrected chi connectivity index (χ1v) is 7.40. The molecule has 94 valence electrons. The summed E-state index contributed by atoms with van der Waals surface area (Å²) in [6.45, 7) is 7.31. The van der Waals surface area contributed by atoms with Crippen LogP contribution in [0.1, 0.15) is 27.2 Å². The lowest BCUT2D eigenvalue weighted by molar-refractivity contribution is -0.128. The molecule has 0 aromatic carbocycles. The summed E-state index contributed by atoms with van der Waals surface area (Å²) in [5.41, 5.74) is 0. The van der Waals surface area contributed by atoms with Gasteiger partial charge in [0.2, 0.25) is 5.91 Å². The van der Waals surface area contributed by atoms with Crippen LogP contribution in [-0.4, -0.2) is 45.8 Å². The smallest absolute Gasteiger partial charge is 0.237 e. The molecule has 16 heavy (non-hydrogen) atoms. The van der Waals surface area contributed by atoms with Crippen LogP contribution in [-0.2, 0) is 15.6 Å². The van der Waals surface area contributed by atoms with Gasteiger partial charge in [0.1, 0.15) is 0 Å². The fraction of sp³-hybridized carbons (Fsp3) is 0.909. The van der Waals surface area contributed by atoms with Gasteiger partial charge in [0.05, 0.1) is 12.7 Å². The minimum absolute atomic E-state index is 0.144. The first kappa shape index (κ1) is 13.6. The van der Waals surface area contributed by atoms with Crippen LogP contribution in [0.15, 0.2) is 0 Å². The van der Waals surface area contributed by atoms with Crippen molar-refractivity contribution in [2.45, 2.75) is 38.6 Å². The fourth-order valence-electron chi connectivity index (χ4n) is 1.90. The Morgan fingerprint density at radius 2 is 2.12 bits per heavy atom. The molecule has 1 rings (SSSR count). The topological polar surface area (TPSA) is 49.4 Å². The van der Waals surface area contributed by atoms with Gasteiger partial charge in [0, 0.05) is 28.9 Å². The van der Waals surface area contributed by atoms with Crippen molar-refractivity contribution in [1.29, 1.82) is 0 Å². The highest BCUT2D eigenvalue weighted by Crippen LogP contribution is 2.15. The zero-order chi connectivity index (χ0) is 12.3. The van der Waals surface area contributed by atoms with Crippen molar-refractivity contribution in [1.82, 2.24) is 10.2 Å². The van der Waals surface area contributed by atoms with E-state index in [4.69, 9.17) is 0 Å². The average Bonchev–Trinajstić information content (AvgIpc) is 2.56. The Morgan fingerprint density at radius 1 is 1.50 bits per heavy atom. The summed E-state index contributed by atoms with van der Waals surface area (Å²) >= 11 is 0. The third-order valence-corrected chi connectivity index (χ3v) is 4.46. The lowest BCUT2D eigenvalue weighted by Gasteiger charge is -2.28. The molecule has 4 nitrogen and oxygen atoms in total. The molecule has 1 aliphatic rings. The quantitative estimate of drug-likeness (QED) is 0.771. The van der Waals surface area contributed by atoms with Gasteiger partial charge < -0.3 is 4.90 Å². The second kappa shape index (κ2) is 5.77. The van der Waals surface area contributed by atoms with Gasteiger partial charge in [-0.15, -0.1) is 0 Å². The van der Waals surface area contributed by atoms with Crippen LogP contribution in [0, 0.1) is 5.92 Å². The van der Waals surface area contributed by atoms with Gasteiger partial charge in [-0.3, -0.25) is 14.3 Å². The van der Waals surface area contributed by atoms with E-state index in [9.17, 15) is 9.00 Å². The lowest BCUT2D eigenvalue weighted by atomic mass is 10.1. The fourth-order valence-corrected chi connectivity index (χ4v) is 2.34. The van der Waals surface area contributed by atoms with Gasteiger partial charge in [-0.1, -0.05) is 20.8 Å². The molecule has 1 N–H and O–H groups in total. The van der Waals surface area contributed by atoms with Gasteiger partial charge in [-0.05, 0) is 12.3 Å². The minimum Gasteiger partial charge on any atom is -0.326 e. The maximum atomic E-state index is 11.7. The Morgan fingerprint density at radius 3 is 2.62 bits per heavy atom. The predicted octanol–water partition coefficient (Wildman–Crippen LogP) is 0.557. The molecule has 5 heteroatoms. The molecule has 1 fully saturated rings. The summed E-state index contributed by atoms with van der Waals surface area (Å²) in [6, 6.07) is 0. The molecule has 1 aliphatic heterocycles. The number of carbonyl (C=O) groups excluding carboxylic acids is 1. The van der Waals surface area contributed by atoms with E-state index in [0.29, 0.717) is 19.0 Å². The Balaban J connectivity index is 2.50. The average molecular weight is 246 g/mol. The Hall–Kier alpha value is -0.420. The van der Waals surface area contributed by atoms with Gasteiger partial charge in [0.25, 0.3) is 0 Å². The predicted molar refractivity (Wildman–Crippen MR) is 66.5 cm³/mol. The summed E-state index contributed by atoms with van der Waals surface area (Å²) in [5.74, 6) is 0.571. The van der Waals surface area contributed by atoms with E-state index in [1.807, 2.05) is 11.8 Å². The van der Waals surface area contributed by atoms with E-state index in [0.717, 1.165) is 6.42 Å². The summed E-state index contributed by atoms with van der Waals surface area (Å²) in [5, 5.41) is 3.36. The second-order valence-corrected chi connectivity index (χ2v) is 6.56. The van der Waals surface area contributed by atoms with E-state index in [-0.39, 0.29) is 17.3 Å². The van der Waals surface area contributed by atoms with Crippen molar-refractivity contribution in [2.75, 3.05) is 19.3 Å². The molecule has 0 saturated carbocycles. The highest BCUT2D eigenvalue weighted by Gasteiger charge is 2.32. The van der Waals surface area contributed by atoms with Crippen LogP contribution in [0.4, 0.5) is 0 Å². The van der Waals surface area contributed by atoms with E-state index in [2.05, 4.69) is 19.2 Å². The van der Waals surface area contributed by atoms with Crippen LogP contribution in [0.3, 0.4) is 0 Å². The van der Waals surface area contributed by atoms with Crippen molar-refractivity contribution in [3.05, 3.63) is 0 Å². The van der Waals surface area contributed by atoms with Crippen molar-refractivity contribution >= 4 is 16.7 Å². The molecule has 1 saturated heterocycles. The molecular formula is C11H22N2O2S. The van der Waals surface area contributed by atoms with Crippen LogP contribution in [0.2, 0.25) is 0 Å². The molecule has 3 atom stereocenters. The number of rotatable bonds is 5. The molecule has 0 bridgehead atoms. The third kappa shape index (κ3) is 3.28. The molecular weight excluding hydrogens is 224 g/mol. The summed E-state index contributed by atoms with van der Waals surface area (Å²) < 4.78 is 11.2. The maximum absolute atomic E-state index is 11.7. The Kier molecular flexibility index (Phi) is 4.92. The van der Waals surface area contributed by atoms with Crippen molar-refractivity contribution < 1.29 is 9.00 Å². The highest BCUT2D eigenvalue weighted by molar-refractivity contribution is 7.84. The normalized spacial score (nSPS) is 25.2. The highest BCUT2D eigenvalue weighted by atomic mass is 32.2. The van der Waals surface area contributed by atoms with Gasteiger partial charge in [-0.2, -0.15) is 0 Å². The zero-order valence-electron chi connectivity index (χ0n) is 10.5. The van der Waals surface area contributed by atoms with Crippen LogP contribution in [0.5, 0.6) is 0 Å². The van der Waals surface area contributed by atoms with Gasteiger partial charge in [-0.25, -0.2) is 0 Å². The Bertz CT molecular complexity index is 281. The summed E-state index contributed by atoms with van der Waals surface area (Å²) in [4.78, 5) is 13.5. The number of hydrogen-bond donors (Lipinski definition) is 1. The number of amides is 1. The molecule has 0 spiro atoms. The van der Waals surface area contributed by atoms with Crippen molar-refractivity contribution in [3.8, 4) is 0 Å². The first-order valence-electron chi connectivity index (χ1n) is 5.78. The summed E-state index contributed by atoms with van der Waals surface area (Å²) in [7, 11) is -0.802. The standard InChI is InChI=1S/C11H22N2O2S/c1-8(2)11-12-7-10(14)13(11)6-5-9(3)16(4)15/h8-9,11-12H,5-7H2,1-4H3. The molecule has 0 aromatic rings.